The van der Waals surface area contributed by atoms with E-state index in [1.54, 1.807) is 24.3 Å². The molecule has 0 aliphatic carbocycles. The summed E-state index contributed by atoms with van der Waals surface area (Å²) in [6.45, 7) is 11.6. The largest absolute Gasteiger partial charge is 0.489 e. The molecule has 10 nitrogen and oxygen atoms in total. The van der Waals surface area contributed by atoms with E-state index < -0.39 is 6.23 Å². The van der Waals surface area contributed by atoms with Crippen LogP contribution < -0.4 is 26.4 Å². The van der Waals surface area contributed by atoms with Crippen LogP contribution in [-0.4, -0.2) is 83.4 Å². The van der Waals surface area contributed by atoms with Crippen molar-refractivity contribution in [3.8, 4) is 5.75 Å². The minimum atomic E-state index is -0.677. The highest BCUT2D eigenvalue weighted by atomic mass is 16.6. The van der Waals surface area contributed by atoms with Gasteiger partial charge in [0.2, 0.25) is 5.91 Å². The van der Waals surface area contributed by atoms with Gasteiger partial charge in [0.1, 0.15) is 25.2 Å². The molecule has 0 aliphatic heterocycles. The summed E-state index contributed by atoms with van der Waals surface area (Å²) in [6.07, 6.45) is 4.40. The van der Waals surface area contributed by atoms with Crippen molar-refractivity contribution in [3.63, 3.8) is 0 Å². The second-order valence-electron chi connectivity index (χ2n) is 8.92. The Bertz CT molecular complexity index is 790. The van der Waals surface area contributed by atoms with E-state index in [-0.39, 0.29) is 38.2 Å². The predicted molar refractivity (Wildman–Crippen MR) is 145 cm³/mol. The van der Waals surface area contributed by atoms with Crippen molar-refractivity contribution in [3.05, 3.63) is 42.0 Å². The molecule has 0 aromatic heterocycles. The number of hydrogen-bond acceptors (Lipinski definition) is 8. The Labute approximate surface area is 221 Å². The maximum atomic E-state index is 12.3. The molecule has 2 unspecified atom stereocenters. The van der Waals surface area contributed by atoms with E-state index in [2.05, 4.69) is 49.7 Å². The standard InChI is InChI=1S/C27H46N4O6/c1-5-22(4)29-11-12-31-27(33)23-9-6-10-24(18-23)37-19-25(28)36-17-16-35-20-26(32)30-13-15-34-14-7-8-21(2)3/h6-10,18,21-22,25,29H,5,11-17,19-20,28H2,1-4H3,(H,30,32)(H,31,33)/b8-7+. The SMILES string of the molecule is CCC(C)NCCNC(=O)c1cccc(OCC(N)OCCOCC(=O)NCCOC/C=C/C(C)C)c1. The van der Waals surface area contributed by atoms with Gasteiger partial charge in [-0.2, -0.15) is 0 Å². The maximum Gasteiger partial charge on any atom is 0.251 e. The van der Waals surface area contributed by atoms with Crippen LogP contribution in [0, 0.1) is 5.92 Å². The lowest BCUT2D eigenvalue weighted by Gasteiger charge is -2.15. The molecular weight excluding hydrogens is 476 g/mol. The number of carbonyl (C=O) groups excluding carboxylic acids is 2. The van der Waals surface area contributed by atoms with Gasteiger partial charge in [0, 0.05) is 31.2 Å². The topological polar surface area (TPSA) is 133 Å². The maximum absolute atomic E-state index is 12.3. The van der Waals surface area contributed by atoms with Gasteiger partial charge in [0.15, 0.2) is 0 Å². The molecule has 37 heavy (non-hydrogen) atoms. The van der Waals surface area contributed by atoms with Crippen LogP contribution in [0.4, 0.5) is 0 Å². The first-order valence-corrected chi connectivity index (χ1v) is 13.0. The second-order valence-corrected chi connectivity index (χ2v) is 8.92. The van der Waals surface area contributed by atoms with E-state index in [9.17, 15) is 9.59 Å². The second kappa shape index (κ2) is 20.5. The zero-order chi connectivity index (χ0) is 27.3. The molecule has 2 atom stereocenters. The average Bonchev–Trinajstić information content (AvgIpc) is 2.88. The summed E-state index contributed by atoms with van der Waals surface area (Å²) in [7, 11) is 0. The monoisotopic (exact) mass is 522 g/mol. The van der Waals surface area contributed by atoms with Crippen molar-refractivity contribution in [2.45, 2.75) is 46.4 Å². The molecule has 0 spiro atoms. The fourth-order valence-electron chi connectivity index (χ4n) is 2.91. The summed E-state index contributed by atoms with van der Waals surface area (Å²) in [6, 6.07) is 7.32. The van der Waals surface area contributed by atoms with Crippen molar-refractivity contribution in [2.75, 3.05) is 59.3 Å². The molecule has 0 saturated carbocycles. The Morgan fingerprint density at radius 3 is 2.59 bits per heavy atom. The van der Waals surface area contributed by atoms with Crippen LogP contribution in [-0.2, 0) is 19.0 Å². The molecule has 0 heterocycles. The third kappa shape index (κ3) is 17.6. The van der Waals surface area contributed by atoms with Gasteiger partial charge in [-0.1, -0.05) is 39.0 Å². The Balaban J connectivity index is 2.12. The minimum Gasteiger partial charge on any atom is -0.489 e. The highest BCUT2D eigenvalue weighted by Crippen LogP contribution is 2.13. The van der Waals surface area contributed by atoms with Gasteiger partial charge in [0.25, 0.3) is 5.91 Å². The summed E-state index contributed by atoms with van der Waals surface area (Å²) in [5.74, 6) is 0.641. The van der Waals surface area contributed by atoms with Gasteiger partial charge < -0.3 is 40.6 Å². The first kappa shape index (κ1) is 32.5. The van der Waals surface area contributed by atoms with Gasteiger partial charge >= 0.3 is 0 Å². The van der Waals surface area contributed by atoms with Crippen LogP contribution in [0.25, 0.3) is 0 Å². The zero-order valence-corrected chi connectivity index (χ0v) is 22.8. The van der Waals surface area contributed by atoms with Crippen LogP contribution in [0.15, 0.2) is 36.4 Å². The smallest absolute Gasteiger partial charge is 0.251 e. The number of allylic oxidation sites excluding steroid dienone is 1. The molecule has 0 aliphatic rings. The lowest BCUT2D eigenvalue weighted by molar-refractivity contribution is -0.126. The average molecular weight is 523 g/mol. The molecule has 10 heteroatoms. The predicted octanol–water partition coefficient (Wildman–Crippen LogP) is 1.85. The first-order chi connectivity index (χ1) is 17.8. The summed E-state index contributed by atoms with van der Waals surface area (Å²) in [4.78, 5) is 24.1. The van der Waals surface area contributed by atoms with E-state index in [0.29, 0.717) is 56.1 Å². The van der Waals surface area contributed by atoms with Crippen molar-refractivity contribution in [1.29, 1.82) is 0 Å². The van der Waals surface area contributed by atoms with Gasteiger partial charge in [-0.05, 0) is 37.5 Å². The van der Waals surface area contributed by atoms with Crippen molar-refractivity contribution < 1.29 is 28.5 Å². The van der Waals surface area contributed by atoms with Crippen molar-refractivity contribution in [1.82, 2.24) is 16.0 Å². The van der Waals surface area contributed by atoms with Crippen molar-refractivity contribution in [2.24, 2.45) is 11.7 Å². The summed E-state index contributed by atoms with van der Waals surface area (Å²) in [5.41, 5.74) is 6.43. The third-order valence-electron chi connectivity index (χ3n) is 5.12. The Hall–Kier alpha value is -2.50. The first-order valence-electron chi connectivity index (χ1n) is 13.0. The van der Waals surface area contributed by atoms with Crippen LogP contribution in [0.5, 0.6) is 5.75 Å². The number of hydrogen-bond donors (Lipinski definition) is 4. The number of rotatable bonds is 21. The molecule has 0 saturated heterocycles. The number of nitrogens with one attached hydrogen (secondary N) is 3. The Morgan fingerprint density at radius 2 is 1.84 bits per heavy atom. The summed E-state index contributed by atoms with van der Waals surface area (Å²) < 4.78 is 21.8. The van der Waals surface area contributed by atoms with Gasteiger partial charge in [-0.25, -0.2) is 0 Å². The highest BCUT2D eigenvalue weighted by molar-refractivity contribution is 5.94. The molecular formula is C27H46N4O6. The number of carbonyl (C=O) groups is 2. The van der Waals surface area contributed by atoms with Gasteiger partial charge in [-0.15, -0.1) is 0 Å². The molecule has 1 aromatic rings. The van der Waals surface area contributed by atoms with E-state index >= 15 is 0 Å². The molecule has 210 valence electrons. The molecule has 2 amide bonds. The van der Waals surface area contributed by atoms with E-state index in [4.69, 9.17) is 24.7 Å². The van der Waals surface area contributed by atoms with Crippen LogP contribution >= 0.6 is 0 Å². The molecule has 0 fully saturated rings. The quantitative estimate of drug-likeness (QED) is 0.109. The van der Waals surface area contributed by atoms with E-state index in [1.807, 2.05) is 6.08 Å². The number of ether oxygens (including phenoxy) is 4. The Kier molecular flexibility index (Phi) is 18.1. The minimum absolute atomic E-state index is 0.0646. The number of amides is 2. The highest BCUT2D eigenvalue weighted by Gasteiger charge is 2.09. The normalized spacial score (nSPS) is 13.0. The fourth-order valence-corrected chi connectivity index (χ4v) is 2.91. The summed E-state index contributed by atoms with van der Waals surface area (Å²) in [5, 5.41) is 8.94. The Morgan fingerprint density at radius 1 is 1.03 bits per heavy atom. The lowest BCUT2D eigenvalue weighted by atomic mass is 10.2. The molecule has 1 aromatic carbocycles. The van der Waals surface area contributed by atoms with Crippen LogP contribution in [0.3, 0.4) is 0 Å². The molecule has 5 N–H and O–H groups in total. The third-order valence-corrected chi connectivity index (χ3v) is 5.12. The molecule has 0 bridgehead atoms. The summed E-state index contributed by atoms with van der Waals surface area (Å²) >= 11 is 0. The van der Waals surface area contributed by atoms with E-state index in [0.717, 1.165) is 6.42 Å². The van der Waals surface area contributed by atoms with Gasteiger partial charge in [0.05, 0.1) is 26.4 Å². The zero-order valence-electron chi connectivity index (χ0n) is 22.8. The molecule has 0 radical (unpaired) electrons. The van der Waals surface area contributed by atoms with Crippen molar-refractivity contribution >= 4 is 11.8 Å². The fraction of sp³-hybridized carbons (Fsp3) is 0.630. The van der Waals surface area contributed by atoms with Gasteiger partial charge in [-0.3, -0.25) is 9.59 Å². The van der Waals surface area contributed by atoms with E-state index in [1.165, 1.54) is 0 Å². The molecule has 1 rings (SSSR count). The number of benzene rings is 1. The number of nitrogens with two attached hydrogens (primary N) is 1. The van der Waals surface area contributed by atoms with Crippen LogP contribution in [0.1, 0.15) is 44.5 Å². The lowest BCUT2D eigenvalue weighted by Crippen LogP contribution is -2.35. The van der Waals surface area contributed by atoms with Crippen LogP contribution in [0.2, 0.25) is 0 Å².